The molecule has 0 aliphatic carbocycles. The van der Waals surface area contributed by atoms with E-state index in [9.17, 15) is 39.5 Å². The molecular formula is C10H2F9N. The Morgan fingerprint density at radius 1 is 0.700 bits per heavy atom. The van der Waals surface area contributed by atoms with Crippen LogP contribution in [0.25, 0.3) is 0 Å². The molecule has 0 aliphatic rings. The summed E-state index contributed by atoms with van der Waals surface area (Å²) in [5.74, 6) is 0. The molecule has 0 amide bonds. The Bertz CT molecular complexity index is 521. The lowest BCUT2D eigenvalue weighted by Gasteiger charge is -2.20. The number of hydrogen-bond acceptors (Lipinski definition) is 1. The summed E-state index contributed by atoms with van der Waals surface area (Å²) in [5, 5.41) is 8.35. The largest absolute Gasteiger partial charge is 0.417 e. The molecule has 1 rings (SSSR count). The van der Waals surface area contributed by atoms with Crippen molar-refractivity contribution in [3.05, 3.63) is 34.4 Å². The average Bonchev–Trinajstić information content (AvgIpc) is 2.23. The number of alkyl halides is 9. The third kappa shape index (κ3) is 3.15. The first kappa shape index (κ1) is 16.1. The molecule has 20 heavy (non-hydrogen) atoms. The third-order valence-electron chi connectivity index (χ3n) is 2.16. The lowest BCUT2D eigenvalue weighted by molar-refractivity contribution is -0.174. The summed E-state index contributed by atoms with van der Waals surface area (Å²) >= 11 is 0. The molecule has 0 fully saturated rings. The van der Waals surface area contributed by atoms with Gasteiger partial charge in [0.15, 0.2) is 0 Å². The predicted molar refractivity (Wildman–Crippen MR) is 46.2 cm³/mol. The fraction of sp³-hybridized carbons (Fsp3) is 0.300. The van der Waals surface area contributed by atoms with Gasteiger partial charge in [0, 0.05) is 0 Å². The van der Waals surface area contributed by atoms with Gasteiger partial charge in [-0.1, -0.05) is 0 Å². The van der Waals surface area contributed by atoms with Gasteiger partial charge in [-0.05, 0) is 12.1 Å². The molecule has 0 unspecified atom stereocenters. The van der Waals surface area contributed by atoms with E-state index in [4.69, 9.17) is 5.26 Å². The molecule has 1 nitrogen and oxygen atoms in total. The van der Waals surface area contributed by atoms with Crippen molar-refractivity contribution in [3.63, 3.8) is 0 Å². The van der Waals surface area contributed by atoms with Gasteiger partial charge in [0.2, 0.25) is 0 Å². The van der Waals surface area contributed by atoms with Crippen LogP contribution in [0.4, 0.5) is 39.5 Å². The quantitative estimate of drug-likeness (QED) is 0.642. The Balaban J connectivity index is 3.89. The number of nitriles is 1. The van der Waals surface area contributed by atoms with E-state index >= 15 is 0 Å². The summed E-state index contributed by atoms with van der Waals surface area (Å²) in [6.07, 6.45) is -17.2. The van der Waals surface area contributed by atoms with E-state index in [0.29, 0.717) is 0 Å². The van der Waals surface area contributed by atoms with Crippen LogP contribution in [-0.2, 0) is 18.5 Å². The lowest BCUT2D eigenvalue weighted by atomic mass is 9.96. The average molecular weight is 307 g/mol. The van der Waals surface area contributed by atoms with Crippen molar-refractivity contribution in [2.45, 2.75) is 18.5 Å². The van der Waals surface area contributed by atoms with Crippen molar-refractivity contribution < 1.29 is 39.5 Å². The minimum absolute atomic E-state index is 0.266. The van der Waals surface area contributed by atoms with Crippen LogP contribution in [0.15, 0.2) is 12.1 Å². The number of halogens is 9. The van der Waals surface area contributed by atoms with Gasteiger partial charge in [0.1, 0.15) is 0 Å². The van der Waals surface area contributed by atoms with Crippen molar-refractivity contribution in [2.75, 3.05) is 0 Å². The van der Waals surface area contributed by atoms with Crippen LogP contribution in [0.5, 0.6) is 0 Å². The van der Waals surface area contributed by atoms with Gasteiger partial charge >= 0.3 is 18.5 Å². The Morgan fingerprint density at radius 2 is 1.05 bits per heavy atom. The van der Waals surface area contributed by atoms with Gasteiger partial charge < -0.3 is 0 Å². The molecule has 0 radical (unpaired) electrons. The molecule has 0 aromatic heterocycles. The van der Waals surface area contributed by atoms with Crippen molar-refractivity contribution >= 4 is 0 Å². The van der Waals surface area contributed by atoms with Crippen LogP contribution in [0.1, 0.15) is 22.3 Å². The van der Waals surface area contributed by atoms with Crippen LogP contribution in [0.3, 0.4) is 0 Å². The molecule has 0 bridgehead atoms. The van der Waals surface area contributed by atoms with E-state index in [1.165, 1.54) is 0 Å². The van der Waals surface area contributed by atoms with E-state index in [1.54, 1.807) is 0 Å². The zero-order chi connectivity index (χ0) is 15.9. The van der Waals surface area contributed by atoms with Crippen LogP contribution in [0.2, 0.25) is 0 Å². The highest BCUT2D eigenvalue weighted by Crippen LogP contribution is 2.46. The highest BCUT2D eigenvalue weighted by atomic mass is 19.4. The molecule has 0 aliphatic heterocycles. The van der Waals surface area contributed by atoms with E-state index in [0.717, 1.165) is 6.07 Å². The lowest BCUT2D eigenvalue weighted by Crippen LogP contribution is -2.23. The Kier molecular flexibility index (Phi) is 3.69. The number of hydrogen-bond donors (Lipinski definition) is 0. The first-order valence-corrected chi connectivity index (χ1v) is 4.58. The molecule has 1 aromatic rings. The fourth-order valence-electron chi connectivity index (χ4n) is 1.46. The van der Waals surface area contributed by atoms with Crippen molar-refractivity contribution in [3.8, 4) is 6.07 Å². The van der Waals surface area contributed by atoms with E-state index in [1.807, 2.05) is 0 Å². The Morgan fingerprint density at radius 3 is 1.25 bits per heavy atom. The van der Waals surface area contributed by atoms with Gasteiger partial charge in [-0.3, -0.25) is 0 Å². The highest BCUT2D eigenvalue weighted by molar-refractivity contribution is 5.48. The smallest absolute Gasteiger partial charge is 0.192 e. The molecule has 0 atom stereocenters. The van der Waals surface area contributed by atoms with Crippen LogP contribution in [0, 0.1) is 11.3 Å². The maximum absolute atomic E-state index is 12.5. The highest BCUT2D eigenvalue weighted by Gasteiger charge is 2.50. The molecular weight excluding hydrogens is 305 g/mol. The van der Waals surface area contributed by atoms with Crippen LogP contribution < -0.4 is 0 Å². The van der Waals surface area contributed by atoms with Crippen molar-refractivity contribution in [1.29, 1.82) is 5.26 Å². The minimum atomic E-state index is -5.87. The summed E-state index contributed by atoms with van der Waals surface area (Å²) in [7, 11) is 0. The number of rotatable bonds is 0. The Hall–Kier alpha value is -1.92. The van der Waals surface area contributed by atoms with Crippen LogP contribution >= 0.6 is 0 Å². The predicted octanol–water partition coefficient (Wildman–Crippen LogP) is 4.61. The maximum Gasteiger partial charge on any atom is 0.417 e. The zero-order valence-electron chi connectivity index (χ0n) is 9.00. The summed E-state index contributed by atoms with van der Waals surface area (Å²) in [6, 6.07) is 0.432. The van der Waals surface area contributed by atoms with Crippen molar-refractivity contribution in [2.24, 2.45) is 0 Å². The maximum atomic E-state index is 12.5. The first-order valence-electron chi connectivity index (χ1n) is 4.58. The van der Waals surface area contributed by atoms with Gasteiger partial charge in [-0.2, -0.15) is 44.8 Å². The van der Waals surface area contributed by atoms with Crippen molar-refractivity contribution in [1.82, 2.24) is 0 Å². The number of nitrogens with zero attached hydrogens (tertiary/aromatic N) is 1. The second-order valence-corrected chi connectivity index (χ2v) is 3.55. The first-order chi connectivity index (χ1) is 8.78. The topological polar surface area (TPSA) is 23.8 Å². The van der Waals surface area contributed by atoms with E-state index in [-0.39, 0.29) is 12.1 Å². The Labute approximate surface area is 105 Å². The summed E-state index contributed by atoms with van der Waals surface area (Å²) < 4.78 is 112. The second-order valence-electron chi connectivity index (χ2n) is 3.55. The normalized spacial score (nSPS) is 13.2. The molecule has 110 valence electrons. The standard InChI is InChI=1S/C10H2F9N/c11-8(12,13)5-1-4(3-20)2-6(9(14,15)16)7(5)10(17,18)19/h1-2H. The van der Waals surface area contributed by atoms with Gasteiger partial charge in [-0.25, -0.2) is 0 Å². The summed E-state index contributed by atoms with van der Waals surface area (Å²) in [6.45, 7) is 0. The summed E-state index contributed by atoms with van der Waals surface area (Å²) in [4.78, 5) is 0. The van der Waals surface area contributed by atoms with Crippen LogP contribution in [-0.4, -0.2) is 0 Å². The molecule has 0 heterocycles. The molecule has 0 N–H and O–H groups in total. The van der Waals surface area contributed by atoms with Gasteiger partial charge in [-0.15, -0.1) is 0 Å². The third-order valence-corrected chi connectivity index (χ3v) is 2.16. The molecule has 0 spiro atoms. The molecule has 10 heteroatoms. The van der Waals surface area contributed by atoms with Gasteiger partial charge in [0.05, 0.1) is 28.3 Å². The van der Waals surface area contributed by atoms with Gasteiger partial charge in [0.25, 0.3) is 0 Å². The molecule has 0 saturated heterocycles. The van der Waals surface area contributed by atoms with E-state index < -0.39 is 40.8 Å². The summed E-state index contributed by atoms with van der Waals surface area (Å²) in [5.41, 5.74) is -9.11. The second kappa shape index (κ2) is 4.57. The SMILES string of the molecule is N#Cc1cc(C(F)(F)F)c(C(F)(F)F)c(C(F)(F)F)c1. The monoisotopic (exact) mass is 307 g/mol. The number of benzene rings is 1. The zero-order valence-corrected chi connectivity index (χ0v) is 9.00. The fourth-order valence-corrected chi connectivity index (χ4v) is 1.46. The molecule has 1 aromatic carbocycles. The molecule has 0 saturated carbocycles. The van der Waals surface area contributed by atoms with E-state index in [2.05, 4.69) is 0 Å². The minimum Gasteiger partial charge on any atom is -0.192 e.